The normalized spacial score (nSPS) is 10.9. The average molecular weight is 434 g/mol. The highest BCUT2D eigenvalue weighted by Crippen LogP contribution is 2.22. The molecule has 4 aromatic rings. The van der Waals surface area contributed by atoms with Crippen molar-refractivity contribution in [2.45, 2.75) is 13.5 Å². The van der Waals surface area contributed by atoms with Crippen molar-refractivity contribution in [1.29, 1.82) is 0 Å². The number of amides is 1. The molecule has 4 rings (SSSR count). The molecule has 1 aromatic heterocycles. The molecule has 0 radical (unpaired) electrons. The smallest absolute Gasteiger partial charge is 0.261 e. The Balaban J connectivity index is 1.85. The van der Waals surface area contributed by atoms with Crippen molar-refractivity contribution in [2.24, 2.45) is 0 Å². The molecule has 1 N–H and O–H groups in total. The number of nitrogens with one attached hydrogen (secondary N) is 1. The molecule has 1 amide bonds. The Morgan fingerprint density at radius 1 is 1.00 bits per heavy atom. The maximum absolute atomic E-state index is 14.7. The van der Waals surface area contributed by atoms with Gasteiger partial charge in [-0.15, -0.1) is 0 Å². The fourth-order valence-electron chi connectivity index (χ4n) is 3.57. The van der Waals surface area contributed by atoms with Crippen molar-refractivity contribution in [3.05, 3.63) is 105 Å². The maximum atomic E-state index is 14.7. The predicted molar refractivity (Wildman–Crippen MR) is 119 cm³/mol. The highest BCUT2D eigenvalue weighted by Gasteiger charge is 2.21. The van der Waals surface area contributed by atoms with Crippen molar-refractivity contribution in [3.8, 4) is 5.75 Å². The Morgan fingerprint density at radius 2 is 1.69 bits per heavy atom. The minimum absolute atomic E-state index is 0.117. The quantitative estimate of drug-likeness (QED) is 0.486. The van der Waals surface area contributed by atoms with Gasteiger partial charge in [-0.05, 0) is 48.4 Å². The third-order valence-corrected chi connectivity index (χ3v) is 5.27. The number of fused-ring (bicyclic) bond motifs is 1. The maximum Gasteiger partial charge on any atom is 0.261 e. The van der Waals surface area contributed by atoms with Gasteiger partial charge in [-0.25, -0.2) is 8.78 Å². The van der Waals surface area contributed by atoms with E-state index < -0.39 is 28.4 Å². The van der Waals surface area contributed by atoms with Crippen molar-refractivity contribution in [1.82, 2.24) is 4.57 Å². The number of carbonyl (C=O) groups excluding carboxylic acids is 1. The van der Waals surface area contributed by atoms with Crippen LogP contribution in [-0.2, 0) is 6.54 Å². The number of rotatable bonds is 5. The fourth-order valence-corrected chi connectivity index (χ4v) is 3.57. The van der Waals surface area contributed by atoms with Crippen LogP contribution >= 0.6 is 0 Å². The van der Waals surface area contributed by atoms with E-state index in [1.54, 1.807) is 43.5 Å². The molecule has 0 saturated carbocycles. The third kappa shape index (κ3) is 3.97. The second-order valence-corrected chi connectivity index (χ2v) is 7.37. The molecule has 0 aliphatic heterocycles. The third-order valence-electron chi connectivity index (χ3n) is 5.27. The number of hydrogen-bond donors (Lipinski definition) is 1. The number of halogens is 2. The van der Waals surface area contributed by atoms with Crippen molar-refractivity contribution >= 4 is 22.5 Å². The molecule has 0 unspecified atom stereocenters. The summed E-state index contributed by atoms with van der Waals surface area (Å²) < 4.78 is 35.9. The molecular formula is C25H20F2N2O3. The Bertz CT molecular complexity index is 1380. The van der Waals surface area contributed by atoms with Gasteiger partial charge in [0.05, 0.1) is 18.0 Å². The Kier molecular flexibility index (Phi) is 5.73. The van der Waals surface area contributed by atoms with E-state index in [1.807, 2.05) is 19.1 Å². The number of aryl methyl sites for hydroxylation is 1. The molecule has 0 bridgehead atoms. The Hall–Kier alpha value is -4.00. The molecule has 5 nitrogen and oxygen atoms in total. The minimum atomic E-state index is -0.888. The zero-order chi connectivity index (χ0) is 22.8. The predicted octanol–water partition coefficient (Wildman–Crippen LogP) is 4.90. The lowest BCUT2D eigenvalue weighted by Crippen LogP contribution is -2.25. The lowest BCUT2D eigenvalue weighted by molar-refractivity contribution is 0.102. The number of para-hydroxylation sites is 1. The van der Waals surface area contributed by atoms with Gasteiger partial charge in [0, 0.05) is 18.4 Å². The van der Waals surface area contributed by atoms with Crippen LogP contribution in [0.25, 0.3) is 10.9 Å². The van der Waals surface area contributed by atoms with E-state index in [9.17, 15) is 18.4 Å². The molecule has 0 saturated heterocycles. The van der Waals surface area contributed by atoms with Crippen LogP contribution in [0.15, 0.2) is 71.7 Å². The zero-order valence-corrected chi connectivity index (χ0v) is 17.5. The van der Waals surface area contributed by atoms with Gasteiger partial charge in [0.1, 0.15) is 22.9 Å². The van der Waals surface area contributed by atoms with Gasteiger partial charge in [0.2, 0.25) is 5.43 Å². The number of anilines is 1. The van der Waals surface area contributed by atoms with E-state index >= 15 is 0 Å². The number of pyridine rings is 1. The van der Waals surface area contributed by atoms with E-state index in [0.717, 1.165) is 23.3 Å². The number of benzene rings is 3. The summed E-state index contributed by atoms with van der Waals surface area (Å²) in [6.07, 6.45) is 1.27. The lowest BCUT2D eigenvalue weighted by Gasteiger charge is -2.15. The van der Waals surface area contributed by atoms with Gasteiger partial charge in [-0.1, -0.05) is 30.3 Å². The van der Waals surface area contributed by atoms with Gasteiger partial charge in [0.25, 0.3) is 5.91 Å². The molecule has 0 atom stereocenters. The summed E-state index contributed by atoms with van der Waals surface area (Å²) in [4.78, 5) is 26.0. The first-order valence-electron chi connectivity index (χ1n) is 9.90. The van der Waals surface area contributed by atoms with Crippen LogP contribution in [0, 0.1) is 18.6 Å². The van der Waals surface area contributed by atoms with Gasteiger partial charge in [0.15, 0.2) is 0 Å². The second kappa shape index (κ2) is 8.63. The van der Waals surface area contributed by atoms with Crippen molar-refractivity contribution in [3.63, 3.8) is 0 Å². The summed E-state index contributed by atoms with van der Waals surface area (Å²) in [7, 11) is 1.54. The number of carbonyl (C=O) groups is 1. The standard InChI is InChI=1S/C25H20F2N2O3/c1-15-5-3-4-6-21(15)28-25(31)18-14-29(13-16-7-9-17(32-2)10-8-16)23-20(27)12-11-19(26)22(23)24(18)30/h3-12,14H,13H2,1-2H3,(H,28,31). The first kappa shape index (κ1) is 21.2. The van der Waals surface area contributed by atoms with E-state index in [1.165, 1.54) is 10.8 Å². The van der Waals surface area contributed by atoms with Gasteiger partial charge in [-0.2, -0.15) is 0 Å². The summed E-state index contributed by atoms with van der Waals surface area (Å²) in [5.41, 5.74) is 0.742. The first-order chi connectivity index (χ1) is 15.4. The van der Waals surface area contributed by atoms with Gasteiger partial charge in [-0.3, -0.25) is 9.59 Å². The number of nitrogens with zero attached hydrogens (tertiary/aromatic N) is 1. The van der Waals surface area contributed by atoms with Crippen LogP contribution in [0.1, 0.15) is 21.5 Å². The van der Waals surface area contributed by atoms with Gasteiger partial charge >= 0.3 is 0 Å². The fraction of sp³-hybridized carbons (Fsp3) is 0.120. The van der Waals surface area contributed by atoms with E-state index in [-0.39, 0.29) is 17.6 Å². The van der Waals surface area contributed by atoms with Crippen LogP contribution in [0.3, 0.4) is 0 Å². The molecule has 0 aliphatic carbocycles. The Morgan fingerprint density at radius 3 is 2.38 bits per heavy atom. The highest BCUT2D eigenvalue weighted by atomic mass is 19.1. The summed E-state index contributed by atoms with van der Waals surface area (Å²) in [6.45, 7) is 1.93. The number of ether oxygens (including phenoxy) is 1. The average Bonchev–Trinajstić information content (AvgIpc) is 2.79. The minimum Gasteiger partial charge on any atom is -0.497 e. The van der Waals surface area contributed by atoms with Crippen LogP contribution in [0.5, 0.6) is 5.75 Å². The molecule has 32 heavy (non-hydrogen) atoms. The largest absolute Gasteiger partial charge is 0.497 e. The van der Waals surface area contributed by atoms with Gasteiger partial charge < -0.3 is 14.6 Å². The molecule has 1 heterocycles. The van der Waals surface area contributed by atoms with Crippen LogP contribution in [0.4, 0.5) is 14.5 Å². The summed E-state index contributed by atoms with van der Waals surface area (Å²) in [6, 6.07) is 16.0. The molecule has 7 heteroatoms. The monoisotopic (exact) mass is 434 g/mol. The van der Waals surface area contributed by atoms with Crippen LogP contribution in [-0.4, -0.2) is 17.6 Å². The summed E-state index contributed by atoms with van der Waals surface area (Å²) >= 11 is 0. The van der Waals surface area contributed by atoms with E-state index in [2.05, 4.69) is 5.32 Å². The zero-order valence-electron chi connectivity index (χ0n) is 17.5. The van der Waals surface area contributed by atoms with Crippen molar-refractivity contribution < 1.29 is 18.3 Å². The highest BCUT2D eigenvalue weighted by molar-refractivity contribution is 6.06. The molecule has 0 spiro atoms. The Labute approximate surface area is 182 Å². The first-order valence-corrected chi connectivity index (χ1v) is 9.90. The number of hydrogen-bond acceptors (Lipinski definition) is 3. The SMILES string of the molecule is COc1ccc(Cn2cc(C(=O)Nc3ccccc3C)c(=O)c3c(F)ccc(F)c32)cc1. The van der Waals surface area contributed by atoms with E-state index in [4.69, 9.17) is 4.74 Å². The second-order valence-electron chi connectivity index (χ2n) is 7.37. The molecule has 162 valence electrons. The van der Waals surface area contributed by atoms with E-state index in [0.29, 0.717) is 11.4 Å². The van der Waals surface area contributed by atoms with Crippen molar-refractivity contribution in [2.75, 3.05) is 12.4 Å². The topological polar surface area (TPSA) is 60.3 Å². The molecule has 0 aliphatic rings. The van der Waals surface area contributed by atoms with Crippen LogP contribution < -0.4 is 15.5 Å². The lowest BCUT2D eigenvalue weighted by atomic mass is 10.1. The number of aromatic nitrogens is 1. The summed E-state index contributed by atoms with van der Waals surface area (Å²) in [5, 5.41) is 2.23. The molecule has 0 fully saturated rings. The number of methoxy groups -OCH3 is 1. The molecular weight excluding hydrogens is 414 g/mol. The molecule has 3 aromatic carbocycles. The summed E-state index contributed by atoms with van der Waals surface area (Å²) in [5.74, 6) is -1.69. The van der Waals surface area contributed by atoms with Crippen LogP contribution in [0.2, 0.25) is 0 Å².